The van der Waals surface area contributed by atoms with E-state index in [2.05, 4.69) is 10.00 Å². The summed E-state index contributed by atoms with van der Waals surface area (Å²) in [6, 6.07) is 0. The minimum atomic E-state index is 0.814. The maximum atomic E-state index is 5.81. The van der Waals surface area contributed by atoms with Crippen LogP contribution in [-0.2, 0) is 13.6 Å². The number of anilines is 1. The van der Waals surface area contributed by atoms with E-state index < -0.39 is 0 Å². The van der Waals surface area contributed by atoms with Gasteiger partial charge in [-0.2, -0.15) is 5.10 Å². The van der Waals surface area contributed by atoms with Crippen molar-refractivity contribution < 1.29 is 0 Å². The molecule has 1 saturated heterocycles. The fourth-order valence-electron chi connectivity index (χ4n) is 1.83. The van der Waals surface area contributed by atoms with Gasteiger partial charge in [0.2, 0.25) is 0 Å². The van der Waals surface area contributed by atoms with Crippen molar-refractivity contribution in [3.63, 3.8) is 0 Å². The lowest BCUT2D eigenvalue weighted by Crippen LogP contribution is -2.20. The summed E-state index contributed by atoms with van der Waals surface area (Å²) < 4.78 is 1.87. The van der Waals surface area contributed by atoms with E-state index in [-0.39, 0.29) is 0 Å². The smallest absolute Gasteiger partial charge is 0.0750 e. The van der Waals surface area contributed by atoms with Gasteiger partial charge in [-0.1, -0.05) is 0 Å². The zero-order valence-corrected chi connectivity index (χ0v) is 8.03. The Balaban J connectivity index is 2.07. The van der Waals surface area contributed by atoms with Crippen LogP contribution < -0.4 is 5.73 Å². The normalized spacial score (nSPS) is 18.2. The second-order valence-electron chi connectivity index (χ2n) is 3.65. The molecule has 0 unspecified atom stereocenters. The summed E-state index contributed by atoms with van der Waals surface area (Å²) in [5, 5.41) is 4.12. The van der Waals surface area contributed by atoms with Crippen LogP contribution in [0, 0.1) is 0 Å². The van der Waals surface area contributed by atoms with Gasteiger partial charge in [-0.05, 0) is 25.9 Å². The van der Waals surface area contributed by atoms with Gasteiger partial charge in [0.1, 0.15) is 0 Å². The Bertz CT molecular complexity index is 266. The quantitative estimate of drug-likeness (QED) is 0.725. The van der Waals surface area contributed by atoms with Crippen LogP contribution >= 0.6 is 0 Å². The van der Waals surface area contributed by atoms with E-state index in [0.29, 0.717) is 0 Å². The molecule has 0 radical (unpaired) electrons. The van der Waals surface area contributed by atoms with Gasteiger partial charge in [-0.15, -0.1) is 0 Å². The first-order valence-electron chi connectivity index (χ1n) is 4.76. The summed E-state index contributed by atoms with van der Waals surface area (Å²) in [4.78, 5) is 2.42. The Morgan fingerprint density at radius 1 is 1.46 bits per heavy atom. The average molecular weight is 180 g/mol. The van der Waals surface area contributed by atoms with Crippen molar-refractivity contribution in [2.24, 2.45) is 7.05 Å². The molecule has 4 heteroatoms. The van der Waals surface area contributed by atoms with Gasteiger partial charge in [-0.25, -0.2) is 0 Å². The summed E-state index contributed by atoms with van der Waals surface area (Å²) in [5.74, 6) is 0. The second kappa shape index (κ2) is 3.38. The highest BCUT2D eigenvalue weighted by Crippen LogP contribution is 2.16. The minimum absolute atomic E-state index is 0.814. The number of nitrogens with two attached hydrogens (primary N) is 1. The lowest BCUT2D eigenvalue weighted by molar-refractivity contribution is 0.322. The first-order chi connectivity index (χ1) is 6.27. The fraction of sp³-hybridized carbons (Fsp3) is 0.667. The Morgan fingerprint density at radius 3 is 2.69 bits per heavy atom. The molecule has 1 aromatic heterocycles. The van der Waals surface area contributed by atoms with Crippen LogP contribution in [0.15, 0.2) is 6.20 Å². The SMILES string of the molecule is Cn1ncc(N)c1CN1CCCC1. The number of aryl methyl sites for hydroxylation is 1. The van der Waals surface area contributed by atoms with Crippen molar-refractivity contribution in [3.05, 3.63) is 11.9 Å². The highest BCUT2D eigenvalue weighted by Gasteiger charge is 2.15. The lowest BCUT2D eigenvalue weighted by Gasteiger charge is -2.14. The molecule has 0 aromatic carbocycles. The molecule has 2 heterocycles. The molecule has 2 N–H and O–H groups in total. The van der Waals surface area contributed by atoms with E-state index >= 15 is 0 Å². The van der Waals surface area contributed by atoms with Gasteiger partial charge in [0.05, 0.1) is 17.6 Å². The van der Waals surface area contributed by atoms with Gasteiger partial charge in [0.25, 0.3) is 0 Å². The van der Waals surface area contributed by atoms with Crippen LogP contribution in [0.3, 0.4) is 0 Å². The molecule has 13 heavy (non-hydrogen) atoms. The molecule has 1 aliphatic rings. The monoisotopic (exact) mass is 180 g/mol. The van der Waals surface area contributed by atoms with E-state index in [1.807, 2.05) is 11.7 Å². The van der Waals surface area contributed by atoms with Crippen molar-refractivity contribution in [2.75, 3.05) is 18.8 Å². The molecule has 0 bridgehead atoms. The number of rotatable bonds is 2. The summed E-state index contributed by atoms with van der Waals surface area (Å²) in [6.45, 7) is 3.34. The van der Waals surface area contributed by atoms with E-state index in [0.717, 1.165) is 17.9 Å². The predicted octanol–water partition coefficient (Wildman–Crippen LogP) is 0.598. The Hall–Kier alpha value is -1.03. The fourth-order valence-corrected chi connectivity index (χ4v) is 1.83. The third-order valence-electron chi connectivity index (χ3n) is 2.67. The molecule has 0 atom stereocenters. The molecule has 1 aromatic rings. The topological polar surface area (TPSA) is 47.1 Å². The van der Waals surface area contributed by atoms with Crippen LogP contribution in [0.4, 0.5) is 5.69 Å². The summed E-state index contributed by atoms with van der Waals surface area (Å²) in [6.07, 6.45) is 4.36. The van der Waals surface area contributed by atoms with Gasteiger partial charge < -0.3 is 5.73 Å². The summed E-state index contributed by atoms with van der Waals surface area (Å²) in [5.41, 5.74) is 7.76. The summed E-state index contributed by atoms with van der Waals surface area (Å²) in [7, 11) is 1.95. The first kappa shape index (κ1) is 8.56. The first-order valence-corrected chi connectivity index (χ1v) is 4.76. The molecule has 0 amide bonds. The second-order valence-corrected chi connectivity index (χ2v) is 3.65. The largest absolute Gasteiger partial charge is 0.396 e. The Morgan fingerprint density at radius 2 is 2.15 bits per heavy atom. The molecule has 0 saturated carbocycles. The van der Waals surface area contributed by atoms with Gasteiger partial charge in [-0.3, -0.25) is 9.58 Å². The molecule has 1 aliphatic heterocycles. The lowest BCUT2D eigenvalue weighted by atomic mass is 10.3. The molecule has 0 aliphatic carbocycles. The highest BCUT2D eigenvalue weighted by molar-refractivity contribution is 5.40. The Labute approximate surface area is 78.3 Å². The van der Waals surface area contributed by atoms with Crippen LogP contribution in [0.25, 0.3) is 0 Å². The molecule has 4 nitrogen and oxygen atoms in total. The number of hydrogen-bond donors (Lipinski definition) is 1. The van der Waals surface area contributed by atoms with Gasteiger partial charge >= 0.3 is 0 Å². The molecular formula is C9H16N4. The number of hydrogen-bond acceptors (Lipinski definition) is 3. The van der Waals surface area contributed by atoms with Crippen LogP contribution in [0.2, 0.25) is 0 Å². The minimum Gasteiger partial charge on any atom is -0.396 e. The van der Waals surface area contributed by atoms with Gasteiger partial charge in [0, 0.05) is 13.6 Å². The summed E-state index contributed by atoms with van der Waals surface area (Å²) >= 11 is 0. The molecule has 0 spiro atoms. The standard InChI is InChI=1S/C9H16N4/c1-12-9(8(10)6-11-12)7-13-4-2-3-5-13/h6H,2-5,7,10H2,1H3. The zero-order valence-electron chi connectivity index (χ0n) is 8.03. The van der Waals surface area contributed by atoms with Crippen molar-refractivity contribution in [2.45, 2.75) is 19.4 Å². The number of nitrogen functional groups attached to an aromatic ring is 1. The maximum absolute atomic E-state index is 5.81. The number of likely N-dealkylation sites (tertiary alicyclic amines) is 1. The van der Waals surface area contributed by atoms with Crippen molar-refractivity contribution in [3.8, 4) is 0 Å². The molecule has 1 fully saturated rings. The van der Waals surface area contributed by atoms with E-state index in [9.17, 15) is 0 Å². The average Bonchev–Trinajstić information content (AvgIpc) is 2.70. The van der Waals surface area contributed by atoms with Crippen LogP contribution in [0.1, 0.15) is 18.5 Å². The van der Waals surface area contributed by atoms with E-state index in [4.69, 9.17) is 5.73 Å². The highest BCUT2D eigenvalue weighted by atomic mass is 15.3. The molecule has 72 valence electrons. The van der Waals surface area contributed by atoms with Crippen molar-refractivity contribution >= 4 is 5.69 Å². The zero-order chi connectivity index (χ0) is 9.26. The van der Waals surface area contributed by atoms with Crippen molar-refractivity contribution in [1.82, 2.24) is 14.7 Å². The maximum Gasteiger partial charge on any atom is 0.0750 e. The molecular weight excluding hydrogens is 164 g/mol. The van der Waals surface area contributed by atoms with Crippen LogP contribution in [-0.4, -0.2) is 27.8 Å². The predicted molar refractivity (Wildman–Crippen MR) is 52.1 cm³/mol. The van der Waals surface area contributed by atoms with E-state index in [1.54, 1.807) is 6.20 Å². The Kier molecular flexibility index (Phi) is 2.22. The van der Waals surface area contributed by atoms with Crippen molar-refractivity contribution in [1.29, 1.82) is 0 Å². The third kappa shape index (κ3) is 1.67. The third-order valence-corrected chi connectivity index (χ3v) is 2.67. The molecule has 2 rings (SSSR count). The van der Waals surface area contributed by atoms with Crippen LogP contribution in [0.5, 0.6) is 0 Å². The van der Waals surface area contributed by atoms with E-state index in [1.165, 1.54) is 25.9 Å². The van der Waals surface area contributed by atoms with Gasteiger partial charge in [0.15, 0.2) is 0 Å². The number of aromatic nitrogens is 2. The number of nitrogens with zero attached hydrogens (tertiary/aromatic N) is 3.